The minimum absolute atomic E-state index is 0.699. The van der Waals surface area contributed by atoms with Crippen molar-refractivity contribution in [3.05, 3.63) is 36.7 Å². The summed E-state index contributed by atoms with van der Waals surface area (Å²) in [6.07, 6.45) is 5.91. The molecular formula is C14H19N3OS. The van der Waals surface area contributed by atoms with Gasteiger partial charge in [-0.05, 0) is 25.0 Å². The van der Waals surface area contributed by atoms with Crippen LogP contribution < -0.4 is 10.5 Å². The van der Waals surface area contributed by atoms with Crippen molar-refractivity contribution in [1.29, 1.82) is 0 Å². The Morgan fingerprint density at radius 2 is 2.16 bits per heavy atom. The van der Waals surface area contributed by atoms with Crippen LogP contribution >= 0.6 is 11.8 Å². The molecule has 1 aromatic carbocycles. The maximum absolute atomic E-state index is 5.80. The first-order valence-corrected chi connectivity index (χ1v) is 7.33. The van der Waals surface area contributed by atoms with E-state index in [9.17, 15) is 0 Å². The molecule has 0 saturated heterocycles. The molecule has 1 aromatic heterocycles. The van der Waals surface area contributed by atoms with Crippen LogP contribution in [0.3, 0.4) is 0 Å². The summed E-state index contributed by atoms with van der Waals surface area (Å²) >= 11 is 1.77. The number of aromatic nitrogens is 2. The smallest absolute Gasteiger partial charge is 0.167 e. The third kappa shape index (κ3) is 4.21. The van der Waals surface area contributed by atoms with Crippen LogP contribution in [0, 0.1) is 0 Å². The van der Waals surface area contributed by atoms with Crippen molar-refractivity contribution in [2.24, 2.45) is 7.05 Å². The Morgan fingerprint density at radius 3 is 2.89 bits per heavy atom. The minimum Gasteiger partial charge on any atom is -0.491 e. The molecule has 0 amide bonds. The number of nitrogen functional groups attached to an aromatic ring is 1. The van der Waals surface area contributed by atoms with Gasteiger partial charge < -0.3 is 15.0 Å². The Bertz CT molecular complexity index is 513. The highest BCUT2D eigenvalue weighted by Gasteiger charge is 2.00. The van der Waals surface area contributed by atoms with E-state index in [-0.39, 0.29) is 0 Å². The third-order valence-corrected chi connectivity index (χ3v) is 3.87. The van der Waals surface area contributed by atoms with E-state index in [1.165, 1.54) is 0 Å². The number of anilines is 1. The quantitative estimate of drug-likeness (QED) is 0.480. The highest BCUT2D eigenvalue weighted by molar-refractivity contribution is 7.99. The van der Waals surface area contributed by atoms with Crippen LogP contribution in [0.1, 0.15) is 12.8 Å². The average molecular weight is 277 g/mol. The molecule has 2 rings (SSSR count). The van der Waals surface area contributed by atoms with Gasteiger partial charge in [0.2, 0.25) is 0 Å². The molecule has 2 aromatic rings. The van der Waals surface area contributed by atoms with Crippen LogP contribution in [-0.2, 0) is 7.05 Å². The summed E-state index contributed by atoms with van der Waals surface area (Å²) in [5, 5.41) is 1.06. The predicted molar refractivity (Wildman–Crippen MR) is 79.5 cm³/mol. The van der Waals surface area contributed by atoms with Gasteiger partial charge in [-0.1, -0.05) is 23.9 Å². The SMILES string of the molecule is Cn1ccnc1SCCCCOc1ccccc1N. The van der Waals surface area contributed by atoms with Crippen molar-refractivity contribution >= 4 is 17.4 Å². The Labute approximate surface area is 118 Å². The van der Waals surface area contributed by atoms with Crippen LogP contribution in [0.4, 0.5) is 5.69 Å². The topological polar surface area (TPSA) is 53.1 Å². The monoisotopic (exact) mass is 277 g/mol. The molecule has 0 unspecified atom stereocenters. The molecule has 1 heterocycles. The second-order valence-corrected chi connectivity index (χ2v) is 5.32. The molecule has 4 nitrogen and oxygen atoms in total. The van der Waals surface area contributed by atoms with E-state index < -0.39 is 0 Å². The first kappa shape index (κ1) is 13.8. The van der Waals surface area contributed by atoms with Gasteiger partial charge in [0.05, 0.1) is 12.3 Å². The number of unbranched alkanes of at least 4 members (excludes halogenated alkanes) is 1. The van der Waals surface area contributed by atoms with Crippen LogP contribution in [-0.4, -0.2) is 21.9 Å². The summed E-state index contributed by atoms with van der Waals surface area (Å²) in [6.45, 7) is 0.704. The highest BCUT2D eigenvalue weighted by Crippen LogP contribution is 2.20. The van der Waals surface area contributed by atoms with Gasteiger partial charge in [0.25, 0.3) is 0 Å². The molecule has 0 aliphatic carbocycles. The molecule has 0 atom stereocenters. The lowest BCUT2D eigenvalue weighted by Gasteiger charge is -2.08. The fraction of sp³-hybridized carbons (Fsp3) is 0.357. The van der Waals surface area contributed by atoms with Gasteiger partial charge in [0.1, 0.15) is 5.75 Å². The minimum atomic E-state index is 0.699. The second-order valence-electron chi connectivity index (χ2n) is 4.26. The van der Waals surface area contributed by atoms with Gasteiger partial charge in [0.15, 0.2) is 5.16 Å². The lowest BCUT2D eigenvalue weighted by atomic mass is 10.3. The van der Waals surface area contributed by atoms with Gasteiger partial charge in [-0.25, -0.2) is 4.98 Å². The second kappa shape index (κ2) is 7.09. The number of hydrogen-bond acceptors (Lipinski definition) is 4. The van der Waals surface area contributed by atoms with Gasteiger partial charge in [-0.3, -0.25) is 0 Å². The largest absolute Gasteiger partial charge is 0.491 e. The summed E-state index contributed by atoms with van der Waals surface area (Å²) in [7, 11) is 2.01. The number of thioether (sulfide) groups is 1. The molecule has 0 radical (unpaired) electrons. The Hall–Kier alpha value is -1.62. The van der Waals surface area contributed by atoms with Crippen molar-refractivity contribution in [1.82, 2.24) is 9.55 Å². The predicted octanol–water partition coefficient (Wildman–Crippen LogP) is 2.95. The van der Waals surface area contributed by atoms with Gasteiger partial charge in [0, 0.05) is 25.2 Å². The zero-order valence-corrected chi connectivity index (χ0v) is 11.9. The zero-order chi connectivity index (χ0) is 13.5. The first-order valence-electron chi connectivity index (χ1n) is 6.35. The number of aryl methyl sites for hydroxylation is 1. The van der Waals surface area contributed by atoms with Crippen molar-refractivity contribution in [3.8, 4) is 5.75 Å². The Morgan fingerprint density at radius 1 is 1.32 bits per heavy atom. The molecule has 5 heteroatoms. The number of para-hydroxylation sites is 2. The normalized spacial score (nSPS) is 10.6. The lowest BCUT2D eigenvalue weighted by molar-refractivity contribution is 0.311. The highest BCUT2D eigenvalue weighted by atomic mass is 32.2. The van der Waals surface area contributed by atoms with Gasteiger partial charge in [-0.15, -0.1) is 0 Å². The van der Waals surface area contributed by atoms with E-state index in [1.54, 1.807) is 11.8 Å². The van der Waals surface area contributed by atoms with Crippen LogP contribution in [0.5, 0.6) is 5.75 Å². The number of nitrogens with zero attached hydrogens (tertiary/aromatic N) is 2. The molecule has 0 aliphatic heterocycles. The molecule has 19 heavy (non-hydrogen) atoms. The molecule has 0 spiro atoms. The number of rotatable bonds is 7. The maximum Gasteiger partial charge on any atom is 0.167 e. The van der Waals surface area contributed by atoms with Crippen LogP contribution in [0.25, 0.3) is 0 Å². The number of benzene rings is 1. The van der Waals surface area contributed by atoms with E-state index in [2.05, 4.69) is 4.98 Å². The van der Waals surface area contributed by atoms with E-state index in [1.807, 2.05) is 48.3 Å². The number of imidazole rings is 1. The lowest BCUT2D eigenvalue weighted by Crippen LogP contribution is -2.00. The van der Waals surface area contributed by atoms with E-state index in [0.29, 0.717) is 12.3 Å². The molecule has 0 fully saturated rings. The standard InChI is InChI=1S/C14H19N3OS/c1-17-9-8-16-14(17)19-11-5-4-10-18-13-7-3-2-6-12(13)15/h2-3,6-9H,4-5,10-11,15H2,1H3. The number of ether oxygens (including phenoxy) is 1. The molecule has 0 saturated carbocycles. The van der Waals surface area contributed by atoms with Crippen molar-refractivity contribution < 1.29 is 4.74 Å². The first-order chi connectivity index (χ1) is 9.27. The molecule has 2 N–H and O–H groups in total. The van der Waals surface area contributed by atoms with E-state index in [0.717, 1.165) is 29.5 Å². The van der Waals surface area contributed by atoms with Crippen molar-refractivity contribution in [2.75, 3.05) is 18.1 Å². The Balaban J connectivity index is 1.60. The van der Waals surface area contributed by atoms with Gasteiger partial charge >= 0.3 is 0 Å². The summed E-state index contributed by atoms with van der Waals surface area (Å²) in [6, 6.07) is 7.60. The number of hydrogen-bond donors (Lipinski definition) is 1. The fourth-order valence-corrected chi connectivity index (χ4v) is 2.58. The zero-order valence-electron chi connectivity index (χ0n) is 11.1. The molecule has 102 valence electrons. The van der Waals surface area contributed by atoms with Gasteiger partial charge in [-0.2, -0.15) is 0 Å². The molecule has 0 aliphatic rings. The summed E-state index contributed by atoms with van der Waals surface area (Å²) in [5.74, 6) is 1.83. The van der Waals surface area contributed by atoms with Crippen molar-refractivity contribution in [2.45, 2.75) is 18.0 Å². The Kier molecular flexibility index (Phi) is 5.15. The summed E-state index contributed by atoms with van der Waals surface area (Å²) < 4.78 is 7.68. The third-order valence-electron chi connectivity index (χ3n) is 2.72. The van der Waals surface area contributed by atoms with E-state index in [4.69, 9.17) is 10.5 Å². The fourth-order valence-electron chi connectivity index (χ4n) is 1.65. The molecule has 0 bridgehead atoms. The average Bonchev–Trinajstić information content (AvgIpc) is 2.81. The maximum atomic E-state index is 5.80. The number of nitrogens with two attached hydrogens (primary N) is 1. The van der Waals surface area contributed by atoms with E-state index >= 15 is 0 Å². The summed E-state index contributed by atoms with van der Waals surface area (Å²) in [5.41, 5.74) is 6.50. The summed E-state index contributed by atoms with van der Waals surface area (Å²) in [4.78, 5) is 4.27. The van der Waals surface area contributed by atoms with Crippen LogP contribution in [0.15, 0.2) is 41.8 Å². The van der Waals surface area contributed by atoms with Crippen molar-refractivity contribution in [3.63, 3.8) is 0 Å². The van der Waals surface area contributed by atoms with Crippen LogP contribution in [0.2, 0.25) is 0 Å². The molecular weight excluding hydrogens is 258 g/mol.